The van der Waals surface area contributed by atoms with Crippen molar-refractivity contribution in [2.45, 2.75) is 114 Å². The molecule has 7 rings (SSSR count). The Morgan fingerprint density at radius 1 is 1.20 bits per heavy atom. The third-order valence-corrected chi connectivity index (χ3v) is 13.9. The largest absolute Gasteiger partial charge is 0.497 e. The molecule has 1 aromatic heterocycles. The lowest BCUT2D eigenvalue weighted by Gasteiger charge is -2.28. The normalized spacial score (nSPS) is 31.1. The molecule has 3 aliphatic heterocycles. The number of sulfonamides is 1. The average molecular weight is 723 g/mol. The number of rotatable bonds is 7. The molecule has 0 spiro atoms. The Morgan fingerprint density at radius 2 is 2.00 bits per heavy atom. The Morgan fingerprint density at radius 3 is 2.75 bits per heavy atom. The maximum absolute atomic E-state index is 14.3. The molecule has 13 heteroatoms. The smallest absolute Gasteiger partial charge is 0.259 e. The van der Waals surface area contributed by atoms with Gasteiger partial charge in [-0.25, -0.2) is 8.42 Å². The summed E-state index contributed by atoms with van der Waals surface area (Å²) in [5.74, 6) is 0.367. The highest BCUT2D eigenvalue weighted by atomic mass is 32.2. The molecule has 4 heterocycles. The summed E-state index contributed by atoms with van der Waals surface area (Å²) < 4.78 is 45.6. The quantitative estimate of drug-likeness (QED) is 0.391. The molecule has 5 aliphatic rings. The Labute approximate surface area is 300 Å². The molecule has 0 radical (unpaired) electrons. The number of methoxy groups -OCH3 is 1. The zero-order chi connectivity index (χ0) is 36.1. The second kappa shape index (κ2) is 13.6. The van der Waals surface area contributed by atoms with Gasteiger partial charge in [-0.1, -0.05) is 32.4 Å². The van der Waals surface area contributed by atoms with Crippen LogP contribution in [0.3, 0.4) is 0 Å². The van der Waals surface area contributed by atoms with Crippen molar-refractivity contribution in [1.29, 1.82) is 0 Å². The molecule has 2 saturated carbocycles. The van der Waals surface area contributed by atoms with E-state index in [1.807, 2.05) is 30.4 Å². The minimum atomic E-state index is -3.93. The van der Waals surface area contributed by atoms with Gasteiger partial charge in [0, 0.05) is 29.7 Å². The van der Waals surface area contributed by atoms with Crippen LogP contribution in [-0.4, -0.2) is 78.7 Å². The Bertz CT molecular complexity index is 1860. The number of benzene rings is 1. The van der Waals surface area contributed by atoms with Crippen molar-refractivity contribution in [3.05, 3.63) is 35.9 Å². The number of nitrogens with one attached hydrogen (secondary N) is 2. The maximum atomic E-state index is 14.3. The highest BCUT2D eigenvalue weighted by Gasteiger charge is 2.63. The topological polar surface area (TPSA) is 153 Å². The van der Waals surface area contributed by atoms with Crippen molar-refractivity contribution in [3.8, 4) is 17.5 Å². The first-order chi connectivity index (χ1) is 24.4. The van der Waals surface area contributed by atoms with Crippen LogP contribution in [0.4, 0.5) is 0 Å². The van der Waals surface area contributed by atoms with Gasteiger partial charge in [0.15, 0.2) is 0 Å². The summed E-state index contributed by atoms with van der Waals surface area (Å²) in [6.07, 6.45) is 10.2. The summed E-state index contributed by atoms with van der Waals surface area (Å²) in [5.41, 5.74) is -0.436. The van der Waals surface area contributed by atoms with E-state index in [1.165, 1.54) is 0 Å². The molecule has 3 amide bonds. The van der Waals surface area contributed by atoms with Crippen molar-refractivity contribution >= 4 is 38.5 Å². The highest BCUT2D eigenvalue weighted by Crippen LogP contribution is 2.48. The Kier molecular flexibility index (Phi) is 9.47. The molecular formula is C38H50N4O8S. The van der Waals surface area contributed by atoms with Crippen LogP contribution in [0.25, 0.3) is 10.8 Å². The van der Waals surface area contributed by atoms with Crippen LogP contribution in [-0.2, 0) is 30.8 Å². The van der Waals surface area contributed by atoms with Gasteiger partial charge in [-0.3, -0.25) is 19.1 Å². The van der Waals surface area contributed by atoms with Gasteiger partial charge in [-0.15, -0.1) is 0 Å². The number of amides is 3. The first-order valence-corrected chi connectivity index (χ1v) is 20.0. The van der Waals surface area contributed by atoms with Crippen molar-refractivity contribution in [3.63, 3.8) is 0 Å². The molecule has 1 unspecified atom stereocenters. The van der Waals surface area contributed by atoms with Crippen molar-refractivity contribution in [2.75, 3.05) is 20.3 Å². The first kappa shape index (κ1) is 35.5. The average Bonchev–Trinajstić information content (AvgIpc) is 3.99. The number of nitrogens with zero attached hydrogens (tertiary/aromatic N) is 2. The number of ether oxygens (including phenoxy) is 3. The fourth-order valence-corrected chi connectivity index (χ4v) is 9.32. The number of pyridine rings is 1. The van der Waals surface area contributed by atoms with Crippen molar-refractivity contribution in [1.82, 2.24) is 19.9 Å². The number of fused-ring (bicyclic) bond motifs is 5. The molecule has 276 valence electrons. The van der Waals surface area contributed by atoms with Crippen LogP contribution in [0.2, 0.25) is 0 Å². The second-order valence-corrected chi connectivity index (χ2v) is 17.8. The van der Waals surface area contributed by atoms with Gasteiger partial charge in [-0.2, -0.15) is 4.98 Å². The Balaban J connectivity index is 1.19. The predicted molar refractivity (Wildman–Crippen MR) is 191 cm³/mol. The third-order valence-electron chi connectivity index (χ3n) is 11.8. The highest BCUT2D eigenvalue weighted by molar-refractivity contribution is 7.91. The van der Waals surface area contributed by atoms with E-state index in [1.54, 1.807) is 18.9 Å². The number of carbonyl (C=O) groups is 3. The van der Waals surface area contributed by atoms with Gasteiger partial charge < -0.3 is 24.4 Å². The van der Waals surface area contributed by atoms with E-state index in [4.69, 9.17) is 19.2 Å². The molecule has 6 atom stereocenters. The number of allylic oxidation sites excluding steroid dienone is 1. The summed E-state index contributed by atoms with van der Waals surface area (Å²) in [6, 6.07) is 4.79. The minimum Gasteiger partial charge on any atom is -0.497 e. The van der Waals surface area contributed by atoms with Gasteiger partial charge in [0.2, 0.25) is 33.6 Å². The van der Waals surface area contributed by atoms with Crippen molar-refractivity contribution < 1.29 is 37.0 Å². The van der Waals surface area contributed by atoms with Gasteiger partial charge in [0.05, 0.1) is 25.0 Å². The van der Waals surface area contributed by atoms with Gasteiger partial charge >= 0.3 is 0 Å². The molecule has 3 fully saturated rings. The standard InChI is InChI=1S/C38H50N4O8S/c1-5-24-17-23(2)9-6-7-10-25-21-38(25,36(45)41-51(46,47)37(3)14-15-37)40-33(44)31-20-27(22-42(31)32(43)18-24)50-35-29-13-12-26(48-4)19-30(29)28-11-8-16-49-34(28)39-35/h7,10,12-13,19,23-25,27,31H,5-6,8-9,11,14-18,20-22H2,1-4H3,(H,40,44)(H,41,45)/b10-7-/t23-,24+,25?,27+,31-,38+/m0/s1. The van der Waals surface area contributed by atoms with Crippen LogP contribution >= 0.6 is 0 Å². The van der Waals surface area contributed by atoms with Gasteiger partial charge in [-0.05, 0) is 93.7 Å². The van der Waals surface area contributed by atoms with E-state index in [0.29, 0.717) is 49.3 Å². The van der Waals surface area contributed by atoms with Crippen LogP contribution in [0.5, 0.6) is 17.5 Å². The van der Waals surface area contributed by atoms with E-state index in [2.05, 4.69) is 23.9 Å². The molecule has 1 aromatic carbocycles. The van der Waals surface area contributed by atoms with E-state index < -0.39 is 44.3 Å². The third kappa shape index (κ3) is 6.90. The lowest BCUT2D eigenvalue weighted by Crippen LogP contribution is -2.57. The summed E-state index contributed by atoms with van der Waals surface area (Å²) in [5, 5.41) is 4.67. The summed E-state index contributed by atoms with van der Waals surface area (Å²) in [7, 11) is -2.31. The molecule has 2 aromatic rings. The monoisotopic (exact) mass is 722 g/mol. The molecular weight excluding hydrogens is 673 g/mol. The van der Waals surface area contributed by atoms with Gasteiger partial charge in [0.25, 0.3) is 5.91 Å². The lowest BCUT2D eigenvalue weighted by atomic mass is 9.88. The zero-order valence-electron chi connectivity index (χ0n) is 30.0. The van der Waals surface area contributed by atoms with Crippen molar-refractivity contribution in [2.24, 2.45) is 17.8 Å². The van der Waals surface area contributed by atoms with Crippen LogP contribution in [0.1, 0.15) is 90.5 Å². The molecule has 0 bridgehead atoms. The van der Waals surface area contributed by atoms with Crippen LogP contribution < -0.4 is 24.2 Å². The molecule has 51 heavy (non-hydrogen) atoms. The Hall–Kier alpha value is -3.87. The molecule has 2 aliphatic carbocycles. The van der Waals surface area contributed by atoms with Gasteiger partial charge in [0.1, 0.15) is 23.4 Å². The fourth-order valence-electron chi connectivity index (χ4n) is 8.01. The summed E-state index contributed by atoms with van der Waals surface area (Å²) in [6.45, 7) is 6.62. The molecule has 12 nitrogen and oxygen atoms in total. The first-order valence-electron chi connectivity index (χ1n) is 18.5. The van der Waals surface area contributed by atoms with E-state index in [-0.39, 0.29) is 37.1 Å². The molecule has 1 saturated heterocycles. The van der Waals surface area contributed by atoms with E-state index >= 15 is 0 Å². The number of aryl methyl sites for hydroxylation is 1. The van der Waals surface area contributed by atoms with Crippen LogP contribution in [0.15, 0.2) is 30.4 Å². The SMILES string of the molecule is CC[C@H]1CC(=O)N2C[C@H](Oc3nc4c(c5cc(OC)ccc35)CCCO4)C[C@H]2C(=O)N[C@]2(C(=O)NS(=O)(=O)C3(C)CC3)CC2/C=C\CC[C@H](C)C1. The fraction of sp³-hybridized carbons (Fsp3) is 0.632. The van der Waals surface area contributed by atoms with E-state index in [0.717, 1.165) is 54.9 Å². The lowest BCUT2D eigenvalue weighted by molar-refractivity contribution is -0.140. The number of hydrogen-bond donors (Lipinski definition) is 2. The maximum Gasteiger partial charge on any atom is 0.259 e. The summed E-state index contributed by atoms with van der Waals surface area (Å²) >= 11 is 0. The number of carbonyl (C=O) groups excluding carboxylic acids is 3. The second-order valence-electron chi connectivity index (χ2n) is 15.6. The predicted octanol–water partition coefficient (Wildman–Crippen LogP) is 4.58. The minimum absolute atomic E-state index is 0.139. The van der Waals surface area contributed by atoms with Crippen LogP contribution in [0, 0.1) is 17.8 Å². The van der Waals surface area contributed by atoms with E-state index in [9.17, 15) is 22.8 Å². The number of aromatic nitrogens is 1. The molecule has 2 N–H and O–H groups in total. The number of hydrogen-bond acceptors (Lipinski definition) is 9. The zero-order valence-corrected chi connectivity index (χ0v) is 30.9. The summed E-state index contributed by atoms with van der Waals surface area (Å²) in [4.78, 5) is 48.6.